The molecular weight excluding hydrogens is 206 g/mol. The normalized spacial score (nSPS) is 12.0. The first kappa shape index (κ1) is 13.3. The lowest BCUT2D eigenvalue weighted by Crippen LogP contribution is -2.05. The van der Waals surface area contributed by atoms with Gasteiger partial charge in [0.05, 0.1) is 0 Å². The first-order valence-electron chi connectivity index (χ1n) is 5.74. The van der Waals surface area contributed by atoms with Crippen LogP contribution in [-0.4, -0.2) is 0 Å². The molecule has 0 aliphatic heterocycles. The number of hydrogen-bond donors (Lipinski definition) is 1. The van der Waals surface area contributed by atoms with E-state index in [1.807, 2.05) is 19.9 Å². The predicted molar refractivity (Wildman–Crippen MR) is 76.7 cm³/mol. The summed E-state index contributed by atoms with van der Waals surface area (Å²) in [6.07, 6.45) is 0. The number of hydrogen-bond acceptors (Lipinski definition) is 1. The van der Waals surface area contributed by atoms with Crippen LogP contribution in [0.1, 0.15) is 30.5 Å². The van der Waals surface area contributed by atoms with Crippen LogP contribution in [0.2, 0.25) is 0 Å². The Hall–Kier alpha value is -1.76. The molecule has 17 heavy (non-hydrogen) atoms. The van der Waals surface area contributed by atoms with Crippen LogP contribution in [0.25, 0.3) is 5.57 Å². The van der Waals surface area contributed by atoms with Crippen molar-refractivity contribution in [2.45, 2.75) is 27.7 Å². The van der Waals surface area contributed by atoms with Crippen molar-refractivity contribution >= 4 is 5.57 Å². The Morgan fingerprint density at radius 2 is 1.65 bits per heavy atom. The third-order valence-electron chi connectivity index (χ3n) is 3.03. The van der Waals surface area contributed by atoms with E-state index < -0.39 is 0 Å². The van der Waals surface area contributed by atoms with E-state index in [-0.39, 0.29) is 0 Å². The van der Waals surface area contributed by atoms with E-state index in [2.05, 4.69) is 39.1 Å². The minimum Gasteiger partial charge on any atom is -0.398 e. The lowest BCUT2D eigenvalue weighted by atomic mass is 9.90. The van der Waals surface area contributed by atoms with E-state index in [4.69, 9.17) is 5.73 Å². The van der Waals surface area contributed by atoms with Gasteiger partial charge in [0.15, 0.2) is 0 Å². The highest BCUT2D eigenvalue weighted by Crippen LogP contribution is 2.29. The molecule has 0 spiro atoms. The molecule has 0 fully saturated rings. The fraction of sp³-hybridized carbons (Fsp3) is 0.250. The van der Waals surface area contributed by atoms with E-state index in [0.29, 0.717) is 0 Å². The summed E-state index contributed by atoms with van der Waals surface area (Å²) in [4.78, 5) is 0. The average Bonchev–Trinajstić information content (AvgIpc) is 2.23. The standard InChI is InChI=1S/C16H21N/c1-10(2)15(16(17)11(3)4)14-9-7-8-12(5)13(14)6/h7-9H,1,3,17H2,2,4-6H3/b16-15+. The topological polar surface area (TPSA) is 26.0 Å². The highest BCUT2D eigenvalue weighted by Gasteiger charge is 2.11. The summed E-state index contributed by atoms with van der Waals surface area (Å²) < 4.78 is 0. The first-order valence-corrected chi connectivity index (χ1v) is 5.74. The molecule has 0 aliphatic carbocycles. The molecule has 0 aromatic heterocycles. The molecule has 0 saturated heterocycles. The van der Waals surface area contributed by atoms with Crippen molar-refractivity contribution in [3.8, 4) is 0 Å². The highest BCUT2D eigenvalue weighted by molar-refractivity contribution is 5.83. The van der Waals surface area contributed by atoms with E-state index in [1.54, 1.807) is 0 Å². The monoisotopic (exact) mass is 227 g/mol. The van der Waals surface area contributed by atoms with Gasteiger partial charge in [0, 0.05) is 11.3 Å². The van der Waals surface area contributed by atoms with Gasteiger partial charge in [-0.25, -0.2) is 0 Å². The summed E-state index contributed by atoms with van der Waals surface area (Å²) in [5.74, 6) is 0. The molecular formula is C16H21N. The molecule has 90 valence electrons. The van der Waals surface area contributed by atoms with Gasteiger partial charge in [0.25, 0.3) is 0 Å². The van der Waals surface area contributed by atoms with Gasteiger partial charge in [-0.05, 0) is 55.5 Å². The van der Waals surface area contributed by atoms with Crippen LogP contribution in [0, 0.1) is 13.8 Å². The molecule has 0 atom stereocenters. The summed E-state index contributed by atoms with van der Waals surface area (Å²) in [6, 6.07) is 6.24. The maximum Gasteiger partial charge on any atom is 0.0420 e. The molecule has 1 nitrogen and oxygen atoms in total. The summed E-state index contributed by atoms with van der Waals surface area (Å²) in [5, 5.41) is 0. The lowest BCUT2D eigenvalue weighted by molar-refractivity contribution is 1.26. The van der Waals surface area contributed by atoms with Crippen LogP contribution < -0.4 is 5.73 Å². The molecule has 0 bridgehead atoms. The van der Waals surface area contributed by atoms with Crippen molar-refractivity contribution in [1.82, 2.24) is 0 Å². The maximum atomic E-state index is 6.13. The van der Waals surface area contributed by atoms with Crippen LogP contribution in [0.3, 0.4) is 0 Å². The smallest absolute Gasteiger partial charge is 0.0420 e. The third kappa shape index (κ3) is 2.68. The minimum atomic E-state index is 0.728. The lowest BCUT2D eigenvalue weighted by Gasteiger charge is -2.16. The maximum absolute atomic E-state index is 6.13. The fourth-order valence-electron chi connectivity index (χ4n) is 1.84. The van der Waals surface area contributed by atoms with Gasteiger partial charge in [0.2, 0.25) is 0 Å². The molecule has 2 N–H and O–H groups in total. The minimum absolute atomic E-state index is 0.728. The summed E-state index contributed by atoms with van der Waals surface area (Å²) in [5.41, 5.74) is 13.4. The molecule has 1 rings (SSSR count). The predicted octanol–water partition coefficient (Wildman–Crippen LogP) is 4.13. The summed E-state index contributed by atoms with van der Waals surface area (Å²) >= 11 is 0. The van der Waals surface area contributed by atoms with E-state index >= 15 is 0 Å². The Bertz CT molecular complexity index is 504. The van der Waals surface area contributed by atoms with Crippen molar-refractivity contribution in [3.05, 3.63) is 64.9 Å². The van der Waals surface area contributed by atoms with Gasteiger partial charge in [-0.2, -0.15) is 0 Å². The van der Waals surface area contributed by atoms with Crippen molar-refractivity contribution < 1.29 is 0 Å². The molecule has 1 aromatic carbocycles. The number of rotatable bonds is 3. The Balaban J connectivity index is 3.56. The molecule has 0 aliphatic rings. The van der Waals surface area contributed by atoms with Gasteiger partial charge in [-0.1, -0.05) is 31.4 Å². The van der Waals surface area contributed by atoms with Gasteiger partial charge in [-0.15, -0.1) is 0 Å². The third-order valence-corrected chi connectivity index (χ3v) is 3.03. The number of nitrogens with two attached hydrogens (primary N) is 1. The Morgan fingerprint density at radius 1 is 1.06 bits per heavy atom. The van der Waals surface area contributed by atoms with Crippen LogP contribution in [-0.2, 0) is 0 Å². The second kappa shape index (κ2) is 5.05. The van der Waals surface area contributed by atoms with Gasteiger partial charge < -0.3 is 5.73 Å². The molecule has 0 unspecified atom stereocenters. The van der Waals surface area contributed by atoms with E-state index in [1.165, 1.54) is 11.1 Å². The number of aryl methyl sites for hydroxylation is 1. The Labute approximate surface area is 104 Å². The van der Waals surface area contributed by atoms with Crippen LogP contribution in [0.15, 0.2) is 48.2 Å². The Morgan fingerprint density at radius 3 is 2.12 bits per heavy atom. The zero-order valence-corrected chi connectivity index (χ0v) is 11.2. The van der Waals surface area contributed by atoms with Crippen molar-refractivity contribution in [1.29, 1.82) is 0 Å². The van der Waals surface area contributed by atoms with Crippen molar-refractivity contribution in [3.63, 3.8) is 0 Å². The molecule has 0 heterocycles. The van der Waals surface area contributed by atoms with Crippen molar-refractivity contribution in [2.24, 2.45) is 5.73 Å². The molecule has 1 aromatic rings. The fourth-order valence-corrected chi connectivity index (χ4v) is 1.84. The molecule has 0 amide bonds. The summed E-state index contributed by atoms with van der Waals surface area (Å²) in [6.45, 7) is 16.1. The first-order chi connectivity index (χ1) is 7.86. The van der Waals surface area contributed by atoms with E-state index in [0.717, 1.165) is 28.0 Å². The van der Waals surface area contributed by atoms with Crippen molar-refractivity contribution in [2.75, 3.05) is 0 Å². The second-order valence-electron chi connectivity index (χ2n) is 4.60. The number of benzene rings is 1. The van der Waals surface area contributed by atoms with Gasteiger partial charge >= 0.3 is 0 Å². The largest absolute Gasteiger partial charge is 0.398 e. The highest BCUT2D eigenvalue weighted by atomic mass is 14.6. The Kier molecular flexibility index (Phi) is 3.95. The molecule has 0 radical (unpaired) electrons. The molecule has 0 saturated carbocycles. The van der Waals surface area contributed by atoms with Crippen LogP contribution in [0.5, 0.6) is 0 Å². The zero-order valence-electron chi connectivity index (χ0n) is 11.2. The molecule has 1 heteroatoms. The van der Waals surface area contributed by atoms with Crippen LogP contribution >= 0.6 is 0 Å². The van der Waals surface area contributed by atoms with Crippen LogP contribution in [0.4, 0.5) is 0 Å². The zero-order chi connectivity index (χ0) is 13.2. The second-order valence-corrected chi connectivity index (χ2v) is 4.60. The quantitative estimate of drug-likeness (QED) is 0.772. The SMILES string of the molecule is C=C(C)/C(N)=C(/C(=C)C)c1cccc(C)c1C. The summed E-state index contributed by atoms with van der Waals surface area (Å²) in [7, 11) is 0. The number of allylic oxidation sites excluding steroid dienone is 3. The van der Waals surface area contributed by atoms with E-state index in [9.17, 15) is 0 Å². The average molecular weight is 227 g/mol. The van der Waals surface area contributed by atoms with Gasteiger partial charge in [0.1, 0.15) is 0 Å². The van der Waals surface area contributed by atoms with Gasteiger partial charge in [-0.3, -0.25) is 0 Å².